The zero-order valence-corrected chi connectivity index (χ0v) is 12.8. The van der Waals surface area contributed by atoms with Crippen LogP contribution in [0.5, 0.6) is 5.75 Å². The highest BCUT2D eigenvalue weighted by Crippen LogP contribution is 2.24. The number of furan rings is 1. The van der Waals surface area contributed by atoms with Gasteiger partial charge in [-0.25, -0.2) is 0 Å². The first-order valence-electron chi connectivity index (χ1n) is 6.32. The molecule has 0 saturated heterocycles. The molecule has 0 aliphatic heterocycles. The molecule has 1 N–H and O–H groups in total. The normalized spacial score (nSPS) is 11.8. The van der Waals surface area contributed by atoms with Crippen LogP contribution in [0.15, 0.2) is 45.5 Å². The molecule has 4 heteroatoms. The van der Waals surface area contributed by atoms with Gasteiger partial charge < -0.3 is 14.5 Å². The third kappa shape index (κ3) is 3.89. The molecule has 0 fully saturated rings. The smallest absolute Gasteiger partial charge is 0.148 e. The van der Waals surface area contributed by atoms with Crippen molar-refractivity contribution < 1.29 is 9.15 Å². The summed E-state index contributed by atoms with van der Waals surface area (Å²) in [6.45, 7) is 2.99. The Morgan fingerprint density at radius 1 is 1.45 bits per heavy atom. The topological polar surface area (TPSA) is 34.4 Å². The SMILES string of the molecule is C#CCOc1ccc(Br)cc1CN[C@@H](C)c1ccco1. The summed E-state index contributed by atoms with van der Waals surface area (Å²) in [4.78, 5) is 0. The van der Waals surface area contributed by atoms with E-state index in [4.69, 9.17) is 15.6 Å². The molecule has 0 saturated carbocycles. The standard InChI is InChI=1S/C16H16BrNO2/c1-3-8-19-16-7-6-14(17)10-13(16)11-18-12(2)15-5-4-9-20-15/h1,4-7,9-10,12,18H,8,11H2,2H3/t12-/m0/s1. The molecule has 20 heavy (non-hydrogen) atoms. The summed E-state index contributed by atoms with van der Waals surface area (Å²) in [5, 5.41) is 3.40. The van der Waals surface area contributed by atoms with E-state index in [1.165, 1.54) is 0 Å². The van der Waals surface area contributed by atoms with Crippen LogP contribution in [0.4, 0.5) is 0 Å². The van der Waals surface area contributed by atoms with Crippen molar-refractivity contribution in [2.45, 2.75) is 19.5 Å². The summed E-state index contributed by atoms with van der Waals surface area (Å²) >= 11 is 3.47. The minimum Gasteiger partial charge on any atom is -0.481 e. The fraction of sp³-hybridized carbons (Fsp3) is 0.250. The number of rotatable bonds is 6. The average Bonchev–Trinajstić information content (AvgIpc) is 2.98. The van der Waals surface area contributed by atoms with Crippen LogP contribution in [0.3, 0.4) is 0 Å². The monoisotopic (exact) mass is 333 g/mol. The van der Waals surface area contributed by atoms with Gasteiger partial charge in [0.1, 0.15) is 18.1 Å². The summed E-state index contributed by atoms with van der Waals surface area (Å²) in [5.74, 6) is 4.18. The zero-order valence-electron chi connectivity index (χ0n) is 11.2. The highest BCUT2D eigenvalue weighted by molar-refractivity contribution is 9.10. The van der Waals surface area contributed by atoms with Crippen LogP contribution < -0.4 is 10.1 Å². The maximum atomic E-state index is 5.54. The summed E-state index contributed by atoms with van der Waals surface area (Å²) in [6.07, 6.45) is 6.91. The highest BCUT2D eigenvalue weighted by Gasteiger charge is 2.10. The van der Waals surface area contributed by atoms with Crippen LogP contribution >= 0.6 is 15.9 Å². The van der Waals surface area contributed by atoms with Crippen molar-refractivity contribution in [1.29, 1.82) is 0 Å². The van der Waals surface area contributed by atoms with Crippen LogP contribution in [0.2, 0.25) is 0 Å². The lowest BCUT2D eigenvalue weighted by atomic mass is 10.1. The Kier molecular flexibility index (Phi) is 5.28. The van der Waals surface area contributed by atoms with Crippen molar-refractivity contribution in [3.8, 4) is 18.1 Å². The van der Waals surface area contributed by atoms with Gasteiger partial charge in [0, 0.05) is 16.6 Å². The second-order valence-electron chi connectivity index (χ2n) is 4.36. The van der Waals surface area contributed by atoms with Gasteiger partial charge in [0.2, 0.25) is 0 Å². The fourth-order valence-corrected chi connectivity index (χ4v) is 2.26. The minimum atomic E-state index is 0.129. The Hall–Kier alpha value is -1.70. The van der Waals surface area contributed by atoms with E-state index in [2.05, 4.69) is 34.1 Å². The molecule has 1 aromatic carbocycles. The van der Waals surface area contributed by atoms with E-state index in [0.717, 1.165) is 21.5 Å². The van der Waals surface area contributed by atoms with Gasteiger partial charge in [-0.15, -0.1) is 6.42 Å². The van der Waals surface area contributed by atoms with E-state index >= 15 is 0 Å². The van der Waals surface area contributed by atoms with Crippen LogP contribution in [0.1, 0.15) is 24.3 Å². The largest absolute Gasteiger partial charge is 0.481 e. The van der Waals surface area contributed by atoms with E-state index in [1.54, 1.807) is 6.26 Å². The molecule has 0 amide bonds. The second kappa shape index (κ2) is 7.18. The molecule has 0 aliphatic rings. The van der Waals surface area contributed by atoms with E-state index in [9.17, 15) is 0 Å². The van der Waals surface area contributed by atoms with Gasteiger partial charge in [-0.1, -0.05) is 21.9 Å². The Bertz CT molecular complexity index is 587. The van der Waals surface area contributed by atoms with Crippen LogP contribution in [0, 0.1) is 12.3 Å². The summed E-state index contributed by atoms with van der Waals surface area (Å²) in [7, 11) is 0. The number of nitrogens with one attached hydrogen (secondary N) is 1. The molecule has 1 aromatic heterocycles. The summed E-state index contributed by atoms with van der Waals surface area (Å²) in [5.41, 5.74) is 1.05. The first-order chi connectivity index (χ1) is 9.70. The van der Waals surface area contributed by atoms with Crippen molar-refractivity contribution in [1.82, 2.24) is 5.32 Å². The second-order valence-corrected chi connectivity index (χ2v) is 5.28. The maximum absolute atomic E-state index is 5.54. The molecule has 2 rings (SSSR count). The van der Waals surface area contributed by atoms with Crippen molar-refractivity contribution in [3.63, 3.8) is 0 Å². The van der Waals surface area contributed by atoms with Gasteiger partial charge in [-0.3, -0.25) is 0 Å². The first kappa shape index (κ1) is 14.7. The molecule has 1 atom stereocenters. The predicted molar refractivity (Wildman–Crippen MR) is 82.4 cm³/mol. The third-order valence-electron chi connectivity index (χ3n) is 2.90. The van der Waals surface area contributed by atoms with E-state index < -0.39 is 0 Å². The fourth-order valence-electron chi connectivity index (χ4n) is 1.85. The van der Waals surface area contributed by atoms with Gasteiger partial charge in [-0.05, 0) is 37.3 Å². The van der Waals surface area contributed by atoms with Crippen LogP contribution in [0.25, 0.3) is 0 Å². The number of ether oxygens (including phenoxy) is 1. The Morgan fingerprint density at radius 3 is 3.00 bits per heavy atom. The number of hydrogen-bond donors (Lipinski definition) is 1. The van der Waals surface area contributed by atoms with E-state index in [1.807, 2.05) is 30.3 Å². The van der Waals surface area contributed by atoms with Crippen molar-refractivity contribution in [3.05, 3.63) is 52.4 Å². The molecule has 0 aliphatic carbocycles. The Balaban J connectivity index is 2.04. The van der Waals surface area contributed by atoms with E-state index in [-0.39, 0.29) is 12.6 Å². The van der Waals surface area contributed by atoms with Gasteiger partial charge in [0.05, 0.1) is 12.3 Å². The van der Waals surface area contributed by atoms with Gasteiger partial charge >= 0.3 is 0 Å². The number of terminal acetylenes is 1. The summed E-state index contributed by atoms with van der Waals surface area (Å²) in [6, 6.07) is 9.83. The Labute approximate surface area is 127 Å². The number of benzene rings is 1. The molecule has 2 aromatic rings. The Morgan fingerprint density at radius 2 is 2.30 bits per heavy atom. The van der Waals surface area contributed by atoms with Crippen molar-refractivity contribution >= 4 is 15.9 Å². The minimum absolute atomic E-state index is 0.129. The van der Waals surface area contributed by atoms with Crippen molar-refractivity contribution in [2.24, 2.45) is 0 Å². The lowest BCUT2D eigenvalue weighted by Gasteiger charge is -2.14. The van der Waals surface area contributed by atoms with Crippen molar-refractivity contribution in [2.75, 3.05) is 6.61 Å². The number of hydrogen-bond acceptors (Lipinski definition) is 3. The molecule has 1 heterocycles. The first-order valence-corrected chi connectivity index (χ1v) is 7.11. The average molecular weight is 334 g/mol. The van der Waals surface area contributed by atoms with Gasteiger partial charge in [0.15, 0.2) is 0 Å². The third-order valence-corrected chi connectivity index (χ3v) is 3.40. The van der Waals surface area contributed by atoms with Gasteiger partial charge in [0.25, 0.3) is 0 Å². The molecule has 0 bridgehead atoms. The van der Waals surface area contributed by atoms with Gasteiger partial charge in [-0.2, -0.15) is 0 Å². The molecule has 3 nitrogen and oxygen atoms in total. The summed E-state index contributed by atoms with van der Waals surface area (Å²) < 4.78 is 11.9. The lowest BCUT2D eigenvalue weighted by molar-refractivity contribution is 0.362. The number of halogens is 1. The maximum Gasteiger partial charge on any atom is 0.148 e. The molecule has 0 radical (unpaired) electrons. The van der Waals surface area contributed by atoms with E-state index in [0.29, 0.717) is 6.54 Å². The lowest BCUT2D eigenvalue weighted by Crippen LogP contribution is -2.18. The quantitative estimate of drug-likeness (QED) is 0.814. The van der Waals surface area contributed by atoms with Crippen LogP contribution in [-0.4, -0.2) is 6.61 Å². The molecule has 0 unspecified atom stereocenters. The molecule has 0 spiro atoms. The molecular formula is C16H16BrNO2. The predicted octanol–water partition coefficient (Wildman–Crippen LogP) is 3.90. The highest BCUT2D eigenvalue weighted by atomic mass is 79.9. The van der Waals surface area contributed by atoms with Crippen LogP contribution in [-0.2, 0) is 6.54 Å². The zero-order chi connectivity index (χ0) is 14.4. The molecular weight excluding hydrogens is 318 g/mol. The molecule has 104 valence electrons.